The normalized spacial score (nSPS) is 10.1. The molecule has 2 aromatic rings. The maximum Gasteiger partial charge on any atom is 0.112 e. The maximum atomic E-state index is 3.81. The minimum absolute atomic E-state index is 0.914. The highest BCUT2D eigenvalue weighted by molar-refractivity contribution is 5.72. The van der Waals surface area contributed by atoms with Crippen molar-refractivity contribution in [2.24, 2.45) is 0 Å². The number of unbranched alkanes of at least 4 members (excludes halogenated alkanes) is 2. The number of aromatic amines is 1. The summed E-state index contributed by atoms with van der Waals surface area (Å²) in [7, 11) is 0. The van der Waals surface area contributed by atoms with Crippen LogP contribution in [0, 0.1) is 0 Å². The van der Waals surface area contributed by atoms with Crippen molar-refractivity contribution in [1.82, 2.24) is 20.7 Å². The van der Waals surface area contributed by atoms with Gasteiger partial charge in [0.1, 0.15) is 5.52 Å². The van der Waals surface area contributed by atoms with Crippen LogP contribution in [-0.2, 0) is 0 Å². The van der Waals surface area contributed by atoms with Crippen LogP contribution < -0.4 is 5.32 Å². The number of benzene rings is 1. The monoisotopic (exact) mass is 248 g/mol. The summed E-state index contributed by atoms with van der Waals surface area (Å²) in [6.45, 7) is 6.86. The van der Waals surface area contributed by atoms with Crippen molar-refractivity contribution in [3.05, 3.63) is 24.3 Å². The predicted molar refractivity (Wildman–Crippen MR) is 76.6 cm³/mol. The zero-order chi connectivity index (χ0) is 13.1. The Kier molecular flexibility index (Phi) is 7.80. The van der Waals surface area contributed by atoms with E-state index in [0.717, 1.165) is 11.0 Å². The predicted octanol–water partition coefficient (Wildman–Crippen LogP) is 3.13. The standard InChI is InChI=1S/C8H19N.C6H5N3/c1-3-5-7-9-8-6-4-2;1-2-4-6-5(3-1)7-9-8-6/h9H,3-8H2,1-2H3;1-4H,(H,7,8,9). The third-order valence-electron chi connectivity index (χ3n) is 2.65. The molecule has 0 aliphatic heterocycles. The second-order valence-corrected chi connectivity index (χ2v) is 4.29. The van der Waals surface area contributed by atoms with Gasteiger partial charge in [-0.2, -0.15) is 0 Å². The van der Waals surface area contributed by atoms with E-state index in [2.05, 4.69) is 34.6 Å². The molecule has 0 atom stereocenters. The van der Waals surface area contributed by atoms with Gasteiger partial charge in [-0.3, -0.25) is 5.10 Å². The molecule has 4 heteroatoms. The van der Waals surface area contributed by atoms with Crippen LogP contribution in [0.25, 0.3) is 11.0 Å². The Bertz CT molecular complexity index is 375. The van der Waals surface area contributed by atoms with Crippen molar-refractivity contribution in [3.63, 3.8) is 0 Å². The lowest BCUT2D eigenvalue weighted by molar-refractivity contribution is 0.611. The first-order valence-electron chi connectivity index (χ1n) is 6.85. The average Bonchev–Trinajstić information content (AvgIpc) is 2.88. The van der Waals surface area contributed by atoms with Crippen molar-refractivity contribution < 1.29 is 0 Å². The molecule has 0 bridgehead atoms. The molecule has 0 amide bonds. The molecular weight excluding hydrogens is 224 g/mol. The highest BCUT2D eigenvalue weighted by Crippen LogP contribution is 2.03. The Morgan fingerprint density at radius 2 is 1.72 bits per heavy atom. The van der Waals surface area contributed by atoms with Crippen LogP contribution in [0.4, 0.5) is 0 Å². The van der Waals surface area contributed by atoms with E-state index < -0.39 is 0 Å². The molecule has 1 aromatic carbocycles. The second kappa shape index (κ2) is 9.59. The molecule has 0 aliphatic rings. The van der Waals surface area contributed by atoms with E-state index in [0.29, 0.717) is 0 Å². The number of rotatable bonds is 6. The van der Waals surface area contributed by atoms with E-state index in [1.54, 1.807) is 0 Å². The van der Waals surface area contributed by atoms with Gasteiger partial charge >= 0.3 is 0 Å². The number of fused-ring (bicyclic) bond motifs is 1. The van der Waals surface area contributed by atoms with Crippen LogP contribution >= 0.6 is 0 Å². The van der Waals surface area contributed by atoms with Gasteiger partial charge in [-0.05, 0) is 38.1 Å². The Balaban J connectivity index is 0.000000180. The van der Waals surface area contributed by atoms with Gasteiger partial charge in [-0.15, -0.1) is 5.10 Å². The van der Waals surface area contributed by atoms with Gasteiger partial charge in [0.25, 0.3) is 0 Å². The van der Waals surface area contributed by atoms with Crippen molar-refractivity contribution in [1.29, 1.82) is 0 Å². The van der Waals surface area contributed by atoms with E-state index >= 15 is 0 Å². The van der Waals surface area contributed by atoms with Crippen LogP contribution in [0.1, 0.15) is 39.5 Å². The molecule has 1 aromatic heterocycles. The molecule has 18 heavy (non-hydrogen) atoms. The summed E-state index contributed by atoms with van der Waals surface area (Å²) in [4.78, 5) is 0. The molecule has 4 nitrogen and oxygen atoms in total. The highest BCUT2D eigenvalue weighted by Gasteiger charge is 1.90. The quantitative estimate of drug-likeness (QED) is 0.772. The number of aromatic nitrogens is 3. The third-order valence-corrected chi connectivity index (χ3v) is 2.65. The van der Waals surface area contributed by atoms with Crippen molar-refractivity contribution in [2.75, 3.05) is 13.1 Å². The molecule has 1 heterocycles. The number of nitrogens with zero attached hydrogens (tertiary/aromatic N) is 2. The van der Waals surface area contributed by atoms with Gasteiger partial charge in [0.05, 0.1) is 5.52 Å². The molecule has 0 spiro atoms. The van der Waals surface area contributed by atoms with E-state index in [9.17, 15) is 0 Å². The maximum absolute atomic E-state index is 3.81. The molecule has 0 fully saturated rings. The summed E-state index contributed by atoms with van der Waals surface area (Å²) >= 11 is 0. The smallest absolute Gasteiger partial charge is 0.112 e. The van der Waals surface area contributed by atoms with Gasteiger partial charge in [0.2, 0.25) is 0 Å². The largest absolute Gasteiger partial charge is 0.317 e. The van der Waals surface area contributed by atoms with E-state index in [4.69, 9.17) is 0 Å². The summed E-state index contributed by atoms with van der Waals surface area (Å²) in [5.41, 5.74) is 1.90. The number of H-pyrrole nitrogens is 1. The molecule has 100 valence electrons. The Morgan fingerprint density at radius 1 is 1.06 bits per heavy atom. The van der Waals surface area contributed by atoms with E-state index in [1.807, 2.05) is 24.3 Å². The summed E-state index contributed by atoms with van der Waals surface area (Å²) in [6.07, 6.45) is 5.26. The van der Waals surface area contributed by atoms with E-state index in [-0.39, 0.29) is 0 Å². The minimum Gasteiger partial charge on any atom is -0.317 e. The first kappa shape index (κ1) is 14.6. The molecular formula is C14H24N4. The zero-order valence-electron chi connectivity index (χ0n) is 11.4. The minimum atomic E-state index is 0.914. The first-order chi connectivity index (χ1) is 8.88. The number of hydrogen-bond acceptors (Lipinski definition) is 3. The summed E-state index contributed by atoms with van der Waals surface area (Å²) < 4.78 is 0. The fraction of sp³-hybridized carbons (Fsp3) is 0.571. The molecule has 0 aliphatic carbocycles. The Morgan fingerprint density at radius 3 is 2.33 bits per heavy atom. The lowest BCUT2D eigenvalue weighted by Gasteiger charge is -1.99. The van der Waals surface area contributed by atoms with Crippen LogP contribution in [0.5, 0.6) is 0 Å². The topological polar surface area (TPSA) is 53.6 Å². The Labute approximate surface area is 109 Å². The molecule has 0 unspecified atom stereocenters. The zero-order valence-corrected chi connectivity index (χ0v) is 11.4. The van der Waals surface area contributed by atoms with Gasteiger partial charge < -0.3 is 5.32 Å². The van der Waals surface area contributed by atoms with Gasteiger partial charge in [-0.25, -0.2) is 0 Å². The lowest BCUT2D eigenvalue weighted by atomic mass is 10.3. The van der Waals surface area contributed by atoms with Crippen LogP contribution in [0.3, 0.4) is 0 Å². The molecule has 2 N–H and O–H groups in total. The fourth-order valence-corrected chi connectivity index (χ4v) is 1.52. The summed E-state index contributed by atoms with van der Waals surface area (Å²) in [6, 6.07) is 7.74. The van der Waals surface area contributed by atoms with Gasteiger partial charge in [0, 0.05) is 0 Å². The molecule has 0 saturated heterocycles. The first-order valence-corrected chi connectivity index (χ1v) is 6.85. The summed E-state index contributed by atoms with van der Waals surface area (Å²) in [5.74, 6) is 0. The van der Waals surface area contributed by atoms with Crippen LogP contribution in [0.15, 0.2) is 24.3 Å². The van der Waals surface area contributed by atoms with Crippen LogP contribution in [0.2, 0.25) is 0 Å². The third kappa shape index (κ3) is 5.77. The number of nitrogens with one attached hydrogen (secondary N) is 2. The fourth-order valence-electron chi connectivity index (χ4n) is 1.52. The van der Waals surface area contributed by atoms with Crippen LogP contribution in [-0.4, -0.2) is 28.5 Å². The summed E-state index contributed by atoms with van der Waals surface area (Å²) in [5, 5.41) is 13.6. The van der Waals surface area contributed by atoms with Gasteiger partial charge in [-0.1, -0.05) is 44.0 Å². The highest BCUT2D eigenvalue weighted by atomic mass is 15.3. The SMILES string of the molecule is CCCCNCCCC.c1ccc2[nH]nnc2c1. The number of hydrogen-bond donors (Lipinski definition) is 2. The second-order valence-electron chi connectivity index (χ2n) is 4.29. The lowest BCUT2D eigenvalue weighted by Crippen LogP contribution is -2.15. The number of para-hydroxylation sites is 1. The van der Waals surface area contributed by atoms with Gasteiger partial charge in [0.15, 0.2) is 0 Å². The van der Waals surface area contributed by atoms with Crippen molar-refractivity contribution in [2.45, 2.75) is 39.5 Å². The van der Waals surface area contributed by atoms with Crippen molar-refractivity contribution in [3.8, 4) is 0 Å². The molecule has 0 radical (unpaired) electrons. The average molecular weight is 248 g/mol. The van der Waals surface area contributed by atoms with E-state index in [1.165, 1.54) is 38.8 Å². The molecule has 0 saturated carbocycles. The molecule has 2 rings (SSSR count). The Hall–Kier alpha value is -1.42. The van der Waals surface area contributed by atoms with Crippen molar-refractivity contribution >= 4 is 11.0 Å².